The van der Waals surface area contributed by atoms with Gasteiger partial charge in [0.2, 0.25) is 0 Å². The second-order valence-electron chi connectivity index (χ2n) is 7.78. The molecule has 0 saturated carbocycles. The SMILES string of the molecule is CC1=CC(C)(C)CC(N(C(=O)COc2nc3ccccc3o2)C(C)C)=C1. The number of hydrogen-bond acceptors (Lipinski definition) is 4. The average molecular weight is 354 g/mol. The third-order valence-corrected chi connectivity index (χ3v) is 4.34. The van der Waals surface area contributed by atoms with Crippen LogP contribution < -0.4 is 4.74 Å². The highest BCUT2D eigenvalue weighted by atomic mass is 16.6. The fraction of sp³-hybridized carbons (Fsp3) is 0.429. The molecule has 0 radical (unpaired) electrons. The lowest BCUT2D eigenvalue weighted by Crippen LogP contribution is -2.41. The molecule has 5 heteroatoms. The smallest absolute Gasteiger partial charge is 0.395 e. The molecule has 0 unspecified atom stereocenters. The summed E-state index contributed by atoms with van der Waals surface area (Å²) in [5.41, 5.74) is 3.59. The number of oxazole rings is 1. The van der Waals surface area contributed by atoms with Crippen LogP contribution in [-0.4, -0.2) is 28.4 Å². The first kappa shape index (κ1) is 18.2. The zero-order chi connectivity index (χ0) is 18.9. The fourth-order valence-corrected chi connectivity index (χ4v) is 3.53. The molecule has 1 aliphatic carbocycles. The molecule has 0 saturated heterocycles. The number of fused-ring (bicyclic) bond motifs is 1. The van der Waals surface area contributed by atoms with Crippen LogP contribution in [0, 0.1) is 5.41 Å². The van der Waals surface area contributed by atoms with Crippen molar-refractivity contribution in [2.45, 2.75) is 47.1 Å². The molecule has 3 rings (SSSR count). The normalized spacial score (nSPS) is 16.4. The van der Waals surface area contributed by atoms with Gasteiger partial charge >= 0.3 is 6.08 Å². The first-order valence-corrected chi connectivity index (χ1v) is 8.96. The van der Waals surface area contributed by atoms with E-state index in [1.54, 1.807) is 0 Å². The van der Waals surface area contributed by atoms with Crippen molar-refractivity contribution in [1.82, 2.24) is 9.88 Å². The Morgan fingerprint density at radius 1 is 1.35 bits per heavy atom. The molecular formula is C21H26N2O3. The maximum atomic E-state index is 12.9. The Kier molecular flexibility index (Phi) is 4.90. The molecule has 1 aromatic heterocycles. The summed E-state index contributed by atoms with van der Waals surface area (Å²) >= 11 is 0. The molecule has 138 valence electrons. The maximum absolute atomic E-state index is 12.9. The summed E-state index contributed by atoms with van der Waals surface area (Å²) < 4.78 is 11.1. The van der Waals surface area contributed by atoms with Gasteiger partial charge < -0.3 is 14.1 Å². The summed E-state index contributed by atoms with van der Waals surface area (Å²) in [5, 5.41) is 0. The van der Waals surface area contributed by atoms with Crippen LogP contribution >= 0.6 is 0 Å². The second-order valence-corrected chi connectivity index (χ2v) is 7.78. The number of amides is 1. The minimum Gasteiger partial charge on any atom is -0.440 e. The van der Waals surface area contributed by atoms with E-state index in [2.05, 4.69) is 37.9 Å². The van der Waals surface area contributed by atoms with E-state index in [-0.39, 0.29) is 30.0 Å². The van der Waals surface area contributed by atoms with Crippen molar-refractivity contribution in [3.63, 3.8) is 0 Å². The van der Waals surface area contributed by atoms with E-state index in [9.17, 15) is 4.79 Å². The van der Waals surface area contributed by atoms with Gasteiger partial charge in [0.15, 0.2) is 12.2 Å². The molecule has 26 heavy (non-hydrogen) atoms. The molecule has 0 N–H and O–H groups in total. The van der Waals surface area contributed by atoms with Gasteiger partial charge in [-0.3, -0.25) is 4.79 Å². The third-order valence-electron chi connectivity index (χ3n) is 4.34. The second kappa shape index (κ2) is 6.98. The monoisotopic (exact) mass is 354 g/mol. The summed E-state index contributed by atoms with van der Waals surface area (Å²) in [6.45, 7) is 10.4. The molecule has 0 spiro atoms. The van der Waals surface area contributed by atoms with Crippen molar-refractivity contribution in [2.24, 2.45) is 5.41 Å². The summed E-state index contributed by atoms with van der Waals surface area (Å²) in [6.07, 6.45) is 5.27. The lowest BCUT2D eigenvalue weighted by molar-refractivity contribution is -0.133. The third kappa shape index (κ3) is 3.98. The van der Waals surface area contributed by atoms with Gasteiger partial charge in [-0.2, -0.15) is 4.98 Å². The van der Waals surface area contributed by atoms with Crippen molar-refractivity contribution in [3.05, 3.63) is 47.7 Å². The molecule has 5 nitrogen and oxygen atoms in total. The van der Waals surface area contributed by atoms with Crippen LogP contribution in [0.3, 0.4) is 0 Å². The Hall–Kier alpha value is -2.56. The topological polar surface area (TPSA) is 55.6 Å². The van der Waals surface area contributed by atoms with Crippen LogP contribution in [0.25, 0.3) is 11.1 Å². The predicted octanol–water partition coefficient (Wildman–Crippen LogP) is 4.70. The van der Waals surface area contributed by atoms with Gasteiger partial charge in [0.05, 0.1) is 0 Å². The quantitative estimate of drug-likeness (QED) is 0.781. The average Bonchev–Trinajstić information content (AvgIpc) is 2.93. The summed E-state index contributed by atoms with van der Waals surface area (Å²) in [7, 11) is 0. The first-order chi connectivity index (χ1) is 12.2. The number of aromatic nitrogens is 1. The van der Waals surface area contributed by atoms with Gasteiger partial charge in [0.1, 0.15) is 5.52 Å². The summed E-state index contributed by atoms with van der Waals surface area (Å²) in [4.78, 5) is 18.9. The molecule has 2 aromatic rings. The zero-order valence-electron chi connectivity index (χ0n) is 16.1. The van der Waals surface area contributed by atoms with Crippen LogP contribution in [0.1, 0.15) is 41.0 Å². The molecule has 0 aliphatic heterocycles. The number of hydrogen-bond donors (Lipinski definition) is 0. The van der Waals surface area contributed by atoms with Crippen LogP contribution in [-0.2, 0) is 4.79 Å². The molecule has 1 heterocycles. The Morgan fingerprint density at radius 2 is 2.08 bits per heavy atom. The number of rotatable bonds is 5. The van der Waals surface area contributed by atoms with Crippen LogP contribution in [0.15, 0.2) is 52.1 Å². The number of allylic oxidation sites excluding steroid dienone is 4. The van der Waals surface area contributed by atoms with Gasteiger partial charge in [-0.25, -0.2) is 0 Å². The van der Waals surface area contributed by atoms with Crippen LogP contribution in [0.2, 0.25) is 0 Å². The first-order valence-electron chi connectivity index (χ1n) is 8.96. The lowest BCUT2D eigenvalue weighted by Gasteiger charge is -2.35. The van der Waals surface area contributed by atoms with Crippen molar-refractivity contribution in [2.75, 3.05) is 6.61 Å². The van der Waals surface area contributed by atoms with Crippen molar-refractivity contribution in [1.29, 1.82) is 0 Å². The molecular weight excluding hydrogens is 328 g/mol. The lowest BCUT2D eigenvalue weighted by atomic mass is 9.81. The molecule has 0 bridgehead atoms. The number of para-hydroxylation sites is 2. The van der Waals surface area contributed by atoms with E-state index in [0.29, 0.717) is 11.1 Å². The Labute approximate surface area is 154 Å². The van der Waals surface area contributed by atoms with Gasteiger partial charge in [0.25, 0.3) is 5.91 Å². The van der Waals surface area contributed by atoms with Crippen LogP contribution in [0.4, 0.5) is 0 Å². The minimum atomic E-state index is -0.106. The molecule has 1 aliphatic rings. The minimum absolute atomic E-state index is 0.0305. The largest absolute Gasteiger partial charge is 0.440 e. The van der Waals surface area contributed by atoms with E-state index in [4.69, 9.17) is 9.15 Å². The molecule has 1 aromatic carbocycles. The number of nitrogens with zero attached hydrogens (tertiary/aromatic N) is 2. The zero-order valence-corrected chi connectivity index (χ0v) is 16.1. The van der Waals surface area contributed by atoms with Gasteiger partial charge in [-0.05, 0) is 50.8 Å². The van der Waals surface area contributed by atoms with E-state index < -0.39 is 0 Å². The van der Waals surface area contributed by atoms with Crippen molar-refractivity contribution in [3.8, 4) is 6.08 Å². The maximum Gasteiger partial charge on any atom is 0.395 e. The predicted molar refractivity (Wildman–Crippen MR) is 102 cm³/mol. The summed E-state index contributed by atoms with van der Waals surface area (Å²) in [6, 6.07) is 7.46. The number of benzene rings is 1. The van der Waals surface area contributed by atoms with E-state index >= 15 is 0 Å². The Balaban J connectivity index is 1.74. The highest BCUT2D eigenvalue weighted by Crippen LogP contribution is 2.35. The van der Waals surface area contributed by atoms with Gasteiger partial charge in [-0.1, -0.05) is 37.6 Å². The standard InChI is InChI=1S/C21H26N2O3/c1-14(2)23(16-10-15(3)11-21(4,5)12-16)19(24)13-25-20-22-17-8-6-7-9-18(17)26-20/h6-11,14H,12-13H2,1-5H3. The fourth-order valence-electron chi connectivity index (χ4n) is 3.53. The highest BCUT2D eigenvalue weighted by molar-refractivity contribution is 5.80. The molecule has 1 amide bonds. The Bertz CT molecular complexity index is 841. The number of ether oxygens (including phenoxy) is 1. The van der Waals surface area contributed by atoms with Gasteiger partial charge in [0, 0.05) is 11.7 Å². The summed E-state index contributed by atoms with van der Waals surface area (Å²) in [5.74, 6) is -0.0981. The van der Waals surface area contributed by atoms with Crippen LogP contribution in [0.5, 0.6) is 6.08 Å². The van der Waals surface area contributed by atoms with E-state index in [1.807, 2.05) is 43.0 Å². The molecule has 0 fully saturated rings. The van der Waals surface area contributed by atoms with E-state index in [1.165, 1.54) is 5.57 Å². The number of carbonyl (C=O) groups excluding carboxylic acids is 1. The van der Waals surface area contributed by atoms with Crippen molar-refractivity contribution < 1.29 is 13.9 Å². The van der Waals surface area contributed by atoms with Crippen molar-refractivity contribution >= 4 is 17.0 Å². The molecule has 0 atom stereocenters. The highest BCUT2D eigenvalue weighted by Gasteiger charge is 2.29. The number of carbonyl (C=O) groups is 1. The van der Waals surface area contributed by atoms with Gasteiger partial charge in [-0.15, -0.1) is 0 Å². The van der Waals surface area contributed by atoms with E-state index in [0.717, 1.165) is 12.1 Å². The Morgan fingerprint density at radius 3 is 2.73 bits per heavy atom.